The molecule has 1 atom stereocenters. The van der Waals surface area contributed by atoms with Crippen LogP contribution in [0.15, 0.2) is 59.8 Å². The van der Waals surface area contributed by atoms with Gasteiger partial charge in [-0.15, -0.1) is 5.10 Å². The van der Waals surface area contributed by atoms with Crippen LogP contribution < -0.4 is 10.2 Å². The zero-order valence-corrected chi connectivity index (χ0v) is 17.3. The summed E-state index contributed by atoms with van der Waals surface area (Å²) in [7, 11) is 0. The van der Waals surface area contributed by atoms with Gasteiger partial charge in [0.25, 0.3) is 0 Å². The van der Waals surface area contributed by atoms with E-state index in [1.54, 1.807) is 11.0 Å². The number of aromatic nitrogens is 3. The van der Waals surface area contributed by atoms with E-state index in [0.29, 0.717) is 16.8 Å². The Morgan fingerprint density at radius 1 is 1.13 bits per heavy atom. The number of thioether (sulfide) groups is 1. The molecule has 7 nitrogen and oxygen atoms in total. The summed E-state index contributed by atoms with van der Waals surface area (Å²) in [5, 5.41) is 7.65. The number of para-hydroxylation sites is 3. The minimum Gasteiger partial charge on any atom is -0.323 e. The Bertz CT molecular complexity index is 1110. The van der Waals surface area contributed by atoms with Crippen LogP contribution in [-0.2, 0) is 9.59 Å². The second kappa shape index (κ2) is 7.60. The highest BCUT2D eigenvalue weighted by molar-refractivity contribution is 8.00. The van der Waals surface area contributed by atoms with Gasteiger partial charge in [-0.25, -0.2) is 9.67 Å². The number of carbonyl (C=O) groups excluding carboxylic acids is 2. The fraction of sp³-hybridized carbons (Fsp3) is 0.273. The Kier molecular flexibility index (Phi) is 4.78. The van der Waals surface area contributed by atoms with Gasteiger partial charge < -0.3 is 5.32 Å². The second-order valence-electron chi connectivity index (χ2n) is 7.52. The van der Waals surface area contributed by atoms with Gasteiger partial charge in [0.15, 0.2) is 0 Å². The van der Waals surface area contributed by atoms with Crippen molar-refractivity contribution in [3.8, 4) is 5.69 Å². The molecule has 2 aromatic carbocycles. The molecule has 1 fully saturated rings. The lowest BCUT2D eigenvalue weighted by Crippen LogP contribution is -2.45. The molecule has 1 unspecified atom stereocenters. The van der Waals surface area contributed by atoms with Crippen LogP contribution >= 0.6 is 11.8 Å². The van der Waals surface area contributed by atoms with Gasteiger partial charge in [0, 0.05) is 5.92 Å². The Balaban J connectivity index is 1.39. The predicted octanol–water partition coefficient (Wildman–Crippen LogP) is 3.61. The third-order valence-corrected chi connectivity index (χ3v) is 6.16. The normalized spacial score (nSPS) is 16.7. The summed E-state index contributed by atoms with van der Waals surface area (Å²) >= 11 is 1.33. The average molecular weight is 420 g/mol. The van der Waals surface area contributed by atoms with Crippen molar-refractivity contribution in [2.24, 2.45) is 0 Å². The molecule has 2 heterocycles. The second-order valence-corrected chi connectivity index (χ2v) is 8.83. The zero-order chi connectivity index (χ0) is 20.7. The quantitative estimate of drug-likeness (QED) is 0.639. The number of carbonyl (C=O) groups is 2. The first-order chi connectivity index (χ1) is 14.6. The highest BCUT2D eigenvalue weighted by Gasteiger charge is 2.33. The van der Waals surface area contributed by atoms with E-state index in [1.165, 1.54) is 11.8 Å². The van der Waals surface area contributed by atoms with Gasteiger partial charge in [0.2, 0.25) is 17.0 Å². The van der Waals surface area contributed by atoms with Crippen LogP contribution in [0.4, 0.5) is 11.4 Å². The molecule has 1 N–H and O–H groups in total. The number of hydrogen-bond acceptors (Lipinski definition) is 5. The molecule has 0 radical (unpaired) electrons. The van der Waals surface area contributed by atoms with E-state index >= 15 is 0 Å². The van der Waals surface area contributed by atoms with E-state index in [1.807, 2.05) is 60.1 Å². The molecule has 0 saturated heterocycles. The maximum atomic E-state index is 13.2. The smallest absolute Gasteiger partial charge is 0.244 e. The fourth-order valence-electron chi connectivity index (χ4n) is 3.58. The summed E-state index contributed by atoms with van der Waals surface area (Å²) in [5.74, 6) is 1.05. The van der Waals surface area contributed by atoms with Crippen molar-refractivity contribution >= 4 is 35.0 Å². The maximum absolute atomic E-state index is 13.2. The molecule has 1 aromatic heterocycles. The monoisotopic (exact) mass is 419 g/mol. The molecule has 0 spiro atoms. The van der Waals surface area contributed by atoms with Gasteiger partial charge in [-0.2, -0.15) is 0 Å². The molecule has 2 aliphatic rings. The van der Waals surface area contributed by atoms with Crippen LogP contribution in [0.3, 0.4) is 0 Å². The topological polar surface area (TPSA) is 80.1 Å². The summed E-state index contributed by atoms with van der Waals surface area (Å²) in [6.45, 7) is 1.85. The number of benzene rings is 2. The summed E-state index contributed by atoms with van der Waals surface area (Å²) in [6.07, 6.45) is 2.23. The summed E-state index contributed by atoms with van der Waals surface area (Å²) in [4.78, 5) is 31.5. The molecule has 5 rings (SSSR count). The highest BCUT2D eigenvalue weighted by atomic mass is 32.2. The van der Waals surface area contributed by atoms with Crippen molar-refractivity contribution in [2.45, 2.75) is 36.1 Å². The van der Waals surface area contributed by atoms with Crippen molar-refractivity contribution in [3.05, 3.63) is 60.4 Å². The molecule has 152 valence electrons. The van der Waals surface area contributed by atoms with Crippen molar-refractivity contribution in [1.82, 2.24) is 14.8 Å². The Morgan fingerprint density at radius 3 is 2.63 bits per heavy atom. The first kappa shape index (κ1) is 18.9. The molecular formula is C22H21N5O2S. The number of nitrogens with one attached hydrogen (secondary N) is 1. The zero-order valence-electron chi connectivity index (χ0n) is 16.5. The van der Waals surface area contributed by atoms with Crippen molar-refractivity contribution in [2.75, 3.05) is 16.8 Å². The van der Waals surface area contributed by atoms with E-state index in [-0.39, 0.29) is 18.4 Å². The van der Waals surface area contributed by atoms with E-state index in [0.717, 1.165) is 30.0 Å². The number of amides is 2. The molecule has 2 amide bonds. The number of rotatable bonds is 5. The lowest BCUT2D eigenvalue weighted by molar-refractivity contribution is -0.121. The lowest BCUT2D eigenvalue weighted by atomic mass is 10.2. The lowest BCUT2D eigenvalue weighted by Gasteiger charge is -2.30. The Morgan fingerprint density at radius 2 is 1.87 bits per heavy atom. The van der Waals surface area contributed by atoms with Gasteiger partial charge in [0.1, 0.15) is 12.4 Å². The number of nitrogens with zero attached hydrogens (tertiary/aromatic N) is 4. The van der Waals surface area contributed by atoms with Gasteiger partial charge in [-0.05, 0) is 44.0 Å². The van der Waals surface area contributed by atoms with E-state index < -0.39 is 5.25 Å². The number of fused-ring (bicyclic) bond motifs is 1. The van der Waals surface area contributed by atoms with Gasteiger partial charge in [-0.1, -0.05) is 42.1 Å². The molecular weight excluding hydrogens is 398 g/mol. The first-order valence-electron chi connectivity index (χ1n) is 9.99. The molecule has 1 aliphatic heterocycles. The SMILES string of the molecule is CC(Sc1nc(C2CC2)n(-c2ccccc2)n1)C(=O)N1CC(=O)Nc2ccccc21. The molecule has 3 aromatic rings. The minimum absolute atomic E-state index is 0.0138. The summed E-state index contributed by atoms with van der Waals surface area (Å²) in [6, 6.07) is 17.3. The number of hydrogen-bond donors (Lipinski definition) is 1. The van der Waals surface area contributed by atoms with Gasteiger partial charge in [0.05, 0.1) is 22.3 Å². The average Bonchev–Trinajstić information content (AvgIpc) is 3.53. The van der Waals surface area contributed by atoms with Crippen LogP contribution in [0.25, 0.3) is 5.69 Å². The largest absolute Gasteiger partial charge is 0.323 e. The van der Waals surface area contributed by atoms with Gasteiger partial charge >= 0.3 is 0 Å². The third-order valence-electron chi connectivity index (χ3n) is 5.22. The Labute approximate surface area is 178 Å². The third kappa shape index (κ3) is 3.59. The van der Waals surface area contributed by atoms with Crippen LogP contribution in [0, 0.1) is 0 Å². The van der Waals surface area contributed by atoms with Crippen LogP contribution in [0.2, 0.25) is 0 Å². The van der Waals surface area contributed by atoms with Crippen molar-refractivity contribution in [3.63, 3.8) is 0 Å². The molecule has 0 bridgehead atoms. The standard InChI is InChI=1S/C22H21N5O2S/c1-14(21(29)26-13-19(28)23-17-9-5-6-10-18(17)26)30-22-24-20(15-11-12-15)27(25-22)16-7-3-2-4-8-16/h2-10,14-15H,11-13H2,1H3,(H,23,28). The summed E-state index contributed by atoms with van der Waals surface area (Å²) in [5.41, 5.74) is 2.34. The highest BCUT2D eigenvalue weighted by Crippen LogP contribution is 2.41. The summed E-state index contributed by atoms with van der Waals surface area (Å²) < 4.78 is 1.89. The predicted molar refractivity (Wildman–Crippen MR) is 116 cm³/mol. The number of anilines is 2. The van der Waals surface area contributed by atoms with E-state index in [9.17, 15) is 9.59 Å². The molecule has 1 aliphatic carbocycles. The van der Waals surface area contributed by atoms with Crippen LogP contribution in [0.5, 0.6) is 0 Å². The first-order valence-corrected chi connectivity index (χ1v) is 10.9. The van der Waals surface area contributed by atoms with Crippen molar-refractivity contribution in [1.29, 1.82) is 0 Å². The van der Waals surface area contributed by atoms with E-state index in [4.69, 9.17) is 4.98 Å². The maximum Gasteiger partial charge on any atom is 0.244 e. The molecule has 8 heteroatoms. The van der Waals surface area contributed by atoms with Crippen LogP contribution in [0.1, 0.15) is 31.5 Å². The fourth-order valence-corrected chi connectivity index (χ4v) is 4.40. The van der Waals surface area contributed by atoms with Gasteiger partial charge in [-0.3, -0.25) is 14.5 Å². The Hall–Kier alpha value is -3.13. The van der Waals surface area contributed by atoms with E-state index in [2.05, 4.69) is 10.4 Å². The molecule has 30 heavy (non-hydrogen) atoms. The minimum atomic E-state index is -0.428. The van der Waals surface area contributed by atoms with Crippen molar-refractivity contribution < 1.29 is 9.59 Å². The van der Waals surface area contributed by atoms with Crippen LogP contribution in [-0.4, -0.2) is 38.4 Å². The molecule has 1 saturated carbocycles.